The van der Waals surface area contributed by atoms with Crippen molar-refractivity contribution in [2.75, 3.05) is 6.61 Å². The number of hydrogen-bond acceptors (Lipinski definition) is 4. The van der Waals surface area contributed by atoms with Crippen molar-refractivity contribution >= 4 is 17.3 Å². The zero-order valence-corrected chi connectivity index (χ0v) is 14.1. The predicted molar refractivity (Wildman–Crippen MR) is 90.5 cm³/mol. The molecule has 3 nitrogen and oxygen atoms in total. The molecule has 22 heavy (non-hydrogen) atoms. The van der Waals surface area contributed by atoms with E-state index in [9.17, 15) is 4.79 Å². The van der Waals surface area contributed by atoms with Crippen LogP contribution in [0.25, 0.3) is 0 Å². The summed E-state index contributed by atoms with van der Waals surface area (Å²) in [7, 11) is 0. The average Bonchev–Trinajstić information content (AvgIpc) is 2.96. The van der Waals surface area contributed by atoms with E-state index in [0.717, 1.165) is 24.3 Å². The van der Waals surface area contributed by atoms with Gasteiger partial charge in [-0.05, 0) is 45.1 Å². The van der Waals surface area contributed by atoms with Gasteiger partial charge in [0.1, 0.15) is 0 Å². The Kier molecular flexibility index (Phi) is 6.59. The van der Waals surface area contributed by atoms with Gasteiger partial charge in [0.05, 0.1) is 11.6 Å². The molecule has 1 heterocycles. The summed E-state index contributed by atoms with van der Waals surface area (Å²) in [6.07, 6.45) is 5.56. The molecule has 0 aliphatic heterocycles. The molecule has 1 aromatic heterocycles. The van der Waals surface area contributed by atoms with Gasteiger partial charge >= 0.3 is 5.97 Å². The molecule has 2 aromatic rings. The van der Waals surface area contributed by atoms with Gasteiger partial charge in [0.25, 0.3) is 0 Å². The summed E-state index contributed by atoms with van der Waals surface area (Å²) < 4.78 is 4.95. The summed E-state index contributed by atoms with van der Waals surface area (Å²) in [6, 6.07) is 8.70. The first kappa shape index (κ1) is 16.7. The van der Waals surface area contributed by atoms with Crippen LogP contribution < -0.4 is 0 Å². The molecule has 1 aromatic carbocycles. The van der Waals surface area contributed by atoms with E-state index >= 15 is 0 Å². The van der Waals surface area contributed by atoms with Crippen LogP contribution in [0.2, 0.25) is 0 Å². The number of aromatic nitrogens is 1. The van der Waals surface area contributed by atoms with E-state index in [1.807, 2.05) is 0 Å². The molecule has 0 spiro atoms. The first-order valence-corrected chi connectivity index (χ1v) is 8.74. The Morgan fingerprint density at radius 2 is 2.05 bits per heavy atom. The van der Waals surface area contributed by atoms with Crippen LogP contribution in [0, 0.1) is 6.92 Å². The largest absolute Gasteiger partial charge is 0.461 e. The molecule has 0 fully saturated rings. The minimum absolute atomic E-state index is 0.315. The van der Waals surface area contributed by atoms with Gasteiger partial charge in [-0.15, -0.1) is 11.3 Å². The van der Waals surface area contributed by atoms with Gasteiger partial charge in [-0.25, -0.2) is 9.78 Å². The maximum absolute atomic E-state index is 11.5. The molecule has 0 aliphatic carbocycles. The lowest BCUT2D eigenvalue weighted by Gasteiger charge is -2.02. The highest BCUT2D eigenvalue weighted by Gasteiger charge is 2.11. The second kappa shape index (κ2) is 8.69. The minimum Gasteiger partial charge on any atom is -0.461 e. The standard InChI is InChI=1S/C18H23NO2S/c1-3-21-18(20)16-13-22-17(19-16)11-6-4-5-9-15-10-7-8-14(2)12-15/h7-8,10,12-13H,3-6,9,11H2,1-2H3. The first-order valence-electron chi connectivity index (χ1n) is 7.86. The summed E-state index contributed by atoms with van der Waals surface area (Å²) >= 11 is 1.55. The number of carbonyl (C=O) groups is 1. The number of ether oxygens (including phenoxy) is 1. The van der Waals surface area contributed by atoms with Crippen LogP contribution in [0.5, 0.6) is 0 Å². The van der Waals surface area contributed by atoms with E-state index in [2.05, 4.69) is 36.2 Å². The number of hydrogen-bond donors (Lipinski definition) is 0. The number of benzene rings is 1. The fourth-order valence-corrected chi connectivity index (χ4v) is 3.18. The van der Waals surface area contributed by atoms with Gasteiger partial charge in [-0.2, -0.15) is 0 Å². The van der Waals surface area contributed by atoms with E-state index in [0.29, 0.717) is 12.3 Å². The Balaban J connectivity index is 1.67. The van der Waals surface area contributed by atoms with Crippen molar-refractivity contribution in [3.63, 3.8) is 0 Å². The van der Waals surface area contributed by atoms with Gasteiger partial charge < -0.3 is 4.74 Å². The van der Waals surface area contributed by atoms with Crippen LogP contribution in [0.4, 0.5) is 0 Å². The van der Waals surface area contributed by atoms with Crippen LogP contribution in [-0.4, -0.2) is 17.6 Å². The number of aryl methyl sites for hydroxylation is 3. The SMILES string of the molecule is CCOC(=O)c1csc(CCCCCc2cccc(C)c2)n1. The van der Waals surface area contributed by atoms with Crippen molar-refractivity contribution in [2.24, 2.45) is 0 Å². The van der Waals surface area contributed by atoms with Gasteiger partial charge in [0.2, 0.25) is 0 Å². The molecular weight excluding hydrogens is 294 g/mol. The monoisotopic (exact) mass is 317 g/mol. The Hall–Kier alpha value is -1.68. The van der Waals surface area contributed by atoms with Crippen molar-refractivity contribution in [1.29, 1.82) is 0 Å². The molecule has 0 amide bonds. The predicted octanol–water partition coefficient (Wildman–Crippen LogP) is 4.58. The molecule has 0 aliphatic rings. The number of rotatable bonds is 8. The summed E-state index contributed by atoms with van der Waals surface area (Å²) in [4.78, 5) is 15.9. The number of thiazole rings is 1. The molecule has 0 radical (unpaired) electrons. The quantitative estimate of drug-likeness (QED) is 0.528. The first-order chi connectivity index (χ1) is 10.7. The second-order valence-corrected chi connectivity index (χ2v) is 6.34. The summed E-state index contributed by atoms with van der Waals surface area (Å²) in [5.41, 5.74) is 3.19. The Labute approximate surface area is 136 Å². The van der Waals surface area contributed by atoms with Gasteiger partial charge in [-0.1, -0.05) is 36.2 Å². The minimum atomic E-state index is -0.315. The topological polar surface area (TPSA) is 39.2 Å². The Morgan fingerprint density at radius 1 is 1.23 bits per heavy atom. The van der Waals surface area contributed by atoms with Gasteiger partial charge in [0.15, 0.2) is 5.69 Å². The molecule has 118 valence electrons. The molecule has 0 unspecified atom stereocenters. The van der Waals surface area contributed by atoms with Crippen LogP contribution in [0.3, 0.4) is 0 Å². The Morgan fingerprint density at radius 3 is 2.82 bits per heavy atom. The van der Waals surface area contributed by atoms with Crippen molar-refractivity contribution in [1.82, 2.24) is 4.98 Å². The van der Waals surface area contributed by atoms with Crippen LogP contribution >= 0.6 is 11.3 Å². The second-order valence-electron chi connectivity index (χ2n) is 5.40. The summed E-state index contributed by atoms with van der Waals surface area (Å²) in [5.74, 6) is -0.315. The molecule has 4 heteroatoms. The Bertz CT molecular complexity index is 607. The summed E-state index contributed by atoms with van der Waals surface area (Å²) in [6.45, 7) is 4.33. The third kappa shape index (κ3) is 5.26. The molecule has 0 bridgehead atoms. The van der Waals surface area contributed by atoms with Crippen molar-refractivity contribution in [3.05, 3.63) is 51.5 Å². The lowest BCUT2D eigenvalue weighted by molar-refractivity contribution is 0.0520. The number of unbranched alkanes of at least 4 members (excludes halogenated alkanes) is 2. The molecule has 0 N–H and O–H groups in total. The highest BCUT2D eigenvalue weighted by atomic mass is 32.1. The molecular formula is C18H23NO2S. The van der Waals surface area contributed by atoms with E-state index < -0.39 is 0 Å². The summed E-state index contributed by atoms with van der Waals surface area (Å²) in [5, 5.41) is 2.82. The van der Waals surface area contributed by atoms with Crippen molar-refractivity contribution < 1.29 is 9.53 Å². The highest BCUT2D eigenvalue weighted by Crippen LogP contribution is 2.15. The fraction of sp³-hybridized carbons (Fsp3) is 0.444. The van der Waals surface area contributed by atoms with E-state index in [1.165, 1.54) is 24.0 Å². The average molecular weight is 317 g/mol. The molecule has 2 rings (SSSR count). The van der Waals surface area contributed by atoms with Crippen molar-refractivity contribution in [2.45, 2.75) is 46.0 Å². The smallest absolute Gasteiger partial charge is 0.357 e. The third-order valence-electron chi connectivity index (χ3n) is 3.47. The fourth-order valence-electron chi connectivity index (χ4n) is 2.37. The van der Waals surface area contributed by atoms with Gasteiger partial charge in [0, 0.05) is 5.38 Å². The maximum Gasteiger partial charge on any atom is 0.357 e. The van der Waals surface area contributed by atoms with E-state index in [4.69, 9.17) is 4.74 Å². The molecule has 0 saturated carbocycles. The normalized spacial score (nSPS) is 10.6. The zero-order valence-electron chi connectivity index (χ0n) is 13.3. The zero-order chi connectivity index (χ0) is 15.8. The molecule has 0 saturated heterocycles. The lowest BCUT2D eigenvalue weighted by Crippen LogP contribution is -2.05. The van der Waals surface area contributed by atoms with Crippen LogP contribution in [-0.2, 0) is 17.6 Å². The number of esters is 1. The van der Waals surface area contributed by atoms with E-state index in [1.54, 1.807) is 23.6 Å². The van der Waals surface area contributed by atoms with Crippen LogP contribution in [0.15, 0.2) is 29.6 Å². The van der Waals surface area contributed by atoms with Crippen LogP contribution in [0.1, 0.15) is 52.8 Å². The molecule has 0 atom stereocenters. The van der Waals surface area contributed by atoms with E-state index in [-0.39, 0.29) is 5.97 Å². The number of carbonyl (C=O) groups excluding carboxylic acids is 1. The van der Waals surface area contributed by atoms with Crippen molar-refractivity contribution in [3.8, 4) is 0 Å². The van der Waals surface area contributed by atoms with Gasteiger partial charge in [-0.3, -0.25) is 0 Å². The lowest BCUT2D eigenvalue weighted by atomic mass is 10.0. The third-order valence-corrected chi connectivity index (χ3v) is 4.38. The number of nitrogens with zero attached hydrogens (tertiary/aromatic N) is 1. The maximum atomic E-state index is 11.5. The highest BCUT2D eigenvalue weighted by molar-refractivity contribution is 7.09.